The predicted octanol–water partition coefficient (Wildman–Crippen LogP) is 2.76. The average Bonchev–Trinajstić information content (AvgIpc) is 2.92. The number of benzene rings is 1. The summed E-state index contributed by atoms with van der Waals surface area (Å²) >= 11 is 3.40. The largest absolute Gasteiger partial charge is 0.337 e. The average molecular weight is 345 g/mol. The first-order valence-electron chi connectivity index (χ1n) is 6.42. The molecule has 0 spiro atoms. The van der Waals surface area contributed by atoms with Gasteiger partial charge in [0, 0.05) is 30.5 Å². The first-order chi connectivity index (χ1) is 10.1. The van der Waals surface area contributed by atoms with Crippen molar-refractivity contribution in [3.63, 3.8) is 0 Å². The van der Waals surface area contributed by atoms with Crippen LogP contribution in [0.1, 0.15) is 15.9 Å². The van der Waals surface area contributed by atoms with E-state index in [1.165, 1.54) is 0 Å². The van der Waals surface area contributed by atoms with Crippen LogP contribution in [0.25, 0.3) is 5.52 Å². The van der Waals surface area contributed by atoms with Gasteiger partial charge in [-0.15, -0.1) is 0 Å². The molecular formula is C15H13BrN4O. The standard InChI is InChI=1S/C15H13BrN4O/c1-19(10-11-2-4-12(16)5-3-11)15(21)13-8-18-20-7-6-17-9-14(13)20/h2-9H,10H2,1H3. The number of carbonyl (C=O) groups excluding carboxylic acids is 1. The minimum Gasteiger partial charge on any atom is -0.337 e. The maximum absolute atomic E-state index is 12.5. The summed E-state index contributed by atoms with van der Waals surface area (Å²) in [5.41, 5.74) is 2.34. The number of fused-ring (bicyclic) bond motifs is 1. The molecule has 0 saturated carbocycles. The highest BCUT2D eigenvalue weighted by Crippen LogP contribution is 2.15. The van der Waals surface area contributed by atoms with Crippen LogP contribution in [0.4, 0.5) is 0 Å². The van der Waals surface area contributed by atoms with E-state index in [4.69, 9.17) is 0 Å². The molecule has 6 heteroatoms. The summed E-state index contributed by atoms with van der Waals surface area (Å²) in [5.74, 6) is -0.0686. The molecule has 2 aromatic heterocycles. The summed E-state index contributed by atoms with van der Waals surface area (Å²) in [5, 5.41) is 4.16. The van der Waals surface area contributed by atoms with Gasteiger partial charge >= 0.3 is 0 Å². The van der Waals surface area contributed by atoms with E-state index in [9.17, 15) is 4.79 Å². The van der Waals surface area contributed by atoms with E-state index in [1.807, 2.05) is 24.3 Å². The number of rotatable bonds is 3. The second-order valence-corrected chi connectivity index (χ2v) is 5.67. The van der Waals surface area contributed by atoms with Crippen LogP contribution in [0, 0.1) is 0 Å². The third kappa shape index (κ3) is 2.80. The second-order valence-electron chi connectivity index (χ2n) is 4.75. The third-order valence-electron chi connectivity index (χ3n) is 3.23. The van der Waals surface area contributed by atoms with E-state index < -0.39 is 0 Å². The van der Waals surface area contributed by atoms with E-state index in [0.29, 0.717) is 17.6 Å². The Morgan fingerprint density at radius 2 is 2.05 bits per heavy atom. The van der Waals surface area contributed by atoms with Crippen molar-refractivity contribution in [2.45, 2.75) is 6.54 Å². The van der Waals surface area contributed by atoms with E-state index in [-0.39, 0.29) is 5.91 Å². The number of halogens is 1. The zero-order valence-corrected chi connectivity index (χ0v) is 13.0. The highest BCUT2D eigenvalue weighted by Gasteiger charge is 2.17. The van der Waals surface area contributed by atoms with Crippen molar-refractivity contribution in [1.82, 2.24) is 19.5 Å². The van der Waals surface area contributed by atoms with Gasteiger partial charge in [0.25, 0.3) is 5.91 Å². The molecular weight excluding hydrogens is 332 g/mol. The maximum Gasteiger partial charge on any atom is 0.257 e. The van der Waals surface area contributed by atoms with Gasteiger partial charge in [0.1, 0.15) is 0 Å². The van der Waals surface area contributed by atoms with Gasteiger partial charge in [-0.2, -0.15) is 5.10 Å². The lowest BCUT2D eigenvalue weighted by molar-refractivity contribution is 0.0787. The molecule has 0 fully saturated rings. The lowest BCUT2D eigenvalue weighted by Crippen LogP contribution is -2.26. The number of hydrogen-bond donors (Lipinski definition) is 0. The van der Waals surface area contributed by atoms with E-state index in [0.717, 1.165) is 10.0 Å². The lowest BCUT2D eigenvalue weighted by Gasteiger charge is -2.16. The SMILES string of the molecule is CN(Cc1ccc(Br)cc1)C(=O)c1cnn2ccncc12. The normalized spacial score (nSPS) is 10.8. The van der Waals surface area contributed by atoms with Crippen LogP contribution in [0.5, 0.6) is 0 Å². The lowest BCUT2D eigenvalue weighted by atomic mass is 10.2. The van der Waals surface area contributed by atoms with E-state index in [2.05, 4.69) is 26.0 Å². The van der Waals surface area contributed by atoms with Gasteiger partial charge in [0.05, 0.1) is 23.5 Å². The first kappa shape index (κ1) is 13.8. The van der Waals surface area contributed by atoms with E-state index in [1.54, 1.807) is 41.3 Å². The molecule has 0 aliphatic heterocycles. The Morgan fingerprint density at radius 1 is 1.29 bits per heavy atom. The van der Waals surface area contributed by atoms with Gasteiger partial charge < -0.3 is 4.90 Å². The molecule has 1 amide bonds. The van der Waals surface area contributed by atoms with Crippen molar-refractivity contribution in [2.24, 2.45) is 0 Å². The minimum atomic E-state index is -0.0686. The van der Waals surface area contributed by atoms with Crippen molar-refractivity contribution in [3.05, 3.63) is 64.7 Å². The van der Waals surface area contributed by atoms with Gasteiger partial charge in [-0.3, -0.25) is 9.78 Å². The van der Waals surface area contributed by atoms with Crippen LogP contribution in [0.15, 0.2) is 53.5 Å². The molecule has 5 nitrogen and oxygen atoms in total. The summed E-state index contributed by atoms with van der Waals surface area (Å²) in [6.07, 6.45) is 6.59. The summed E-state index contributed by atoms with van der Waals surface area (Å²) in [6.45, 7) is 0.545. The highest BCUT2D eigenvalue weighted by atomic mass is 79.9. The van der Waals surface area contributed by atoms with Gasteiger partial charge in [0.15, 0.2) is 0 Å². The summed E-state index contributed by atoms with van der Waals surface area (Å²) < 4.78 is 2.67. The highest BCUT2D eigenvalue weighted by molar-refractivity contribution is 9.10. The van der Waals surface area contributed by atoms with Gasteiger partial charge in [0.2, 0.25) is 0 Å². The predicted molar refractivity (Wildman–Crippen MR) is 82.9 cm³/mol. The van der Waals surface area contributed by atoms with Gasteiger partial charge in [-0.05, 0) is 17.7 Å². The Kier molecular flexibility index (Phi) is 3.70. The molecule has 0 aliphatic rings. The number of amides is 1. The summed E-state index contributed by atoms with van der Waals surface area (Å²) in [7, 11) is 1.78. The molecule has 3 aromatic rings. The van der Waals surface area contributed by atoms with Crippen LogP contribution in [-0.2, 0) is 6.54 Å². The molecule has 2 heterocycles. The number of aromatic nitrogens is 3. The molecule has 0 bridgehead atoms. The smallest absolute Gasteiger partial charge is 0.257 e. The minimum absolute atomic E-state index is 0.0686. The molecule has 21 heavy (non-hydrogen) atoms. The van der Waals surface area contributed by atoms with E-state index >= 15 is 0 Å². The number of nitrogens with zero attached hydrogens (tertiary/aromatic N) is 4. The third-order valence-corrected chi connectivity index (χ3v) is 3.76. The quantitative estimate of drug-likeness (QED) is 0.734. The molecule has 106 valence electrons. The van der Waals surface area contributed by atoms with Gasteiger partial charge in [-0.1, -0.05) is 28.1 Å². The van der Waals surface area contributed by atoms with Crippen molar-refractivity contribution < 1.29 is 4.79 Å². The molecule has 3 rings (SSSR count). The van der Waals surface area contributed by atoms with Crippen LogP contribution in [-0.4, -0.2) is 32.5 Å². The Labute approximate surface area is 130 Å². The monoisotopic (exact) mass is 344 g/mol. The zero-order chi connectivity index (χ0) is 14.8. The van der Waals surface area contributed by atoms with Crippen molar-refractivity contribution in [2.75, 3.05) is 7.05 Å². The molecule has 0 saturated heterocycles. The first-order valence-corrected chi connectivity index (χ1v) is 7.22. The van der Waals surface area contributed by atoms with Crippen molar-refractivity contribution >= 4 is 27.4 Å². The molecule has 0 atom stereocenters. The Bertz CT molecular complexity index is 782. The van der Waals surface area contributed by atoms with Crippen molar-refractivity contribution in [3.8, 4) is 0 Å². The molecule has 0 N–H and O–H groups in total. The van der Waals surface area contributed by atoms with Gasteiger partial charge in [-0.25, -0.2) is 4.52 Å². The second kappa shape index (κ2) is 5.65. The number of carbonyl (C=O) groups is 1. The fraction of sp³-hybridized carbons (Fsp3) is 0.133. The fourth-order valence-corrected chi connectivity index (χ4v) is 2.40. The molecule has 0 aliphatic carbocycles. The van der Waals surface area contributed by atoms with Crippen LogP contribution >= 0.6 is 15.9 Å². The van der Waals surface area contributed by atoms with Crippen LogP contribution < -0.4 is 0 Å². The van der Waals surface area contributed by atoms with Crippen LogP contribution in [0.3, 0.4) is 0 Å². The Balaban J connectivity index is 1.82. The maximum atomic E-state index is 12.5. The van der Waals surface area contributed by atoms with Crippen LogP contribution in [0.2, 0.25) is 0 Å². The molecule has 0 unspecified atom stereocenters. The number of hydrogen-bond acceptors (Lipinski definition) is 3. The van der Waals surface area contributed by atoms with Crippen molar-refractivity contribution in [1.29, 1.82) is 0 Å². The zero-order valence-electron chi connectivity index (χ0n) is 11.4. The fourth-order valence-electron chi connectivity index (χ4n) is 2.14. The Hall–Kier alpha value is -2.21. The Morgan fingerprint density at radius 3 is 2.81 bits per heavy atom. The molecule has 0 radical (unpaired) electrons. The summed E-state index contributed by atoms with van der Waals surface area (Å²) in [6, 6.07) is 7.91. The summed E-state index contributed by atoms with van der Waals surface area (Å²) in [4.78, 5) is 18.2. The molecule has 1 aromatic carbocycles. The topological polar surface area (TPSA) is 50.5 Å².